The molecule has 13 heteroatoms. The summed E-state index contributed by atoms with van der Waals surface area (Å²) in [6.07, 6.45) is 9.85. The van der Waals surface area contributed by atoms with Crippen LogP contribution in [0.15, 0.2) is 53.4 Å². The Morgan fingerprint density at radius 2 is 1.71 bits per heavy atom. The minimum atomic E-state index is -2.66. The number of hydrogen-bond acceptors (Lipinski definition) is 10. The molecule has 0 atom stereocenters. The smallest absolute Gasteiger partial charge is 0.229 e. The Bertz CT molecular complexity index is 1810. The molecule has 2 N–H and O–H groups in total. The van der Waals surface area contributed by atoms with Gasteiger partial charge in [0.05, 0.1) is 29.2 Å². The summed E-state index contributed by atoms with van der Waals surface area (Å²) in [5, 5.41) is 11.9. The van der Waals surface area contributed by atoms with Crippen LogP contribution >= 0.6 is 23.1 Å². The lowest BCUT2D eigenvalue weighted by atomic mass is 9.99. The second-order valence-electron chi connectivity index (χ2n) is 13.6. The van der Waals surface area contributed by atoms with Crippen LogP contribution in [0.5, 0.6) is 5.75 Å². The molecule has 0 bridgehead atoms. The van der Waals surface area contributed by atoms with E-state index in [0.29, 0.717) is 22.3 Å². The van der Waals surface area contributed by atoms with E-state index in [1.165, 1.54) is 37.2 Å². The topological polar surface area (TPSA) is 104 Å². The largest absolute Gasteiger partial charge is 0.494 e. The maximum atomic E-state index is 13.5. The molecule has 6 rings (SSSR count). The first-order valence-corrected chi connectivity index (χ1v) is 20.6. The average Bonchev–Trinajstić information content (AvgIpc) is 3.53. The number of aryl methyl sites for hydroxylation is 2. The molecule has 2 fully saturated rings. The van der Waals surface area contributed by atoms with Gasteiger partial charge in [0.2, 0.25) is 5.95 Å². The Morgan fingerprint density at radius 3 is 2.37 bits per heavy atom. The highest BCUT2D eigenvalue weighted by Gasteiger charge is 2.28. The molecule has 262 valence electrons. The van der Waals surface area contributed by atoms with Crippen LogP contribution in [0.4, 0.5) is 28.8 Å². The maximum absolute atomic E-state index is 13.5. The van der Waals surface area contributed by atoms with E-state index in [0.717, 1.165) is 72.6 Å². The first-order valence-electron chi connectivity index (χ1n) is 17.2. The lowest BCUT2D eigenvalue weighted by Crippen LogP contribution is -2.52. The predicted molar refractivity (Wildman–Crippen MR) is 205 cm³/mol. The van der Waals surface area contributed by atoms with Crippen molar-refractivity contribution in [3.63, 3.8) is 0 Å². The number of hydrogen-bond donors (Lipinski definition) is 2. The lowest BCUT2D eigenvalue weighted by molar-refractivity contribution is 0.0982. The molecule has 0 radical (unpaired) electrons. The molecule has 49 heavy (non-hydrogen) atoms. The van der Waals surface area contributed by atoms with Gasteiger partial charge in [-0.25, -0.2) is 4.98 Å². The highest BCUT2D eigenvalue weighted by atomic mass is 79.9. The van der Waals surface area contributed by atoms with Crippen LogP contribution in [0, 0.1) is 0 Å². The van der Waals surface area contributed by atoms with Crippen molar-refractivity contribution in [1.82, 2.24) is 29.5 Å². The zero-order valence-corrected chi connectivity index (χ0v) is 32.0. The highest BCUT2D eigenvalue weighted by molar-refractivity contribution is 9.10. The fraction of sp³-hybridized carbons (Fsp3) is 0.472. The normalized spacial score (nSPS) is 16.6. The van der Waals surface area contributed by atoms with E-state index < -0.39 is 7.14 Å². The minimum Gasteiger partial charge on any atom is -0.494 e. The number of benzene rings is 2. The molecule has 0 spiro atoms. The van der Waals surface area contributed by atoms with Crippen LogP contribution in [0.3, 0.4) is 0 Å². The molecule has 0 amide bonds. The van der Waals surface area contributed by atoms with Crippen LogP contribution in [0.1, 0.15) is 31.7 Å². The number of likely N-dealkylation sites (N-methyl/N-ethyl adjacent to an activating group) is 1. The van der Waals surface area contributed by atoms with Crippen LogP contribution in [-0.4, -0.2) is 102 Å². The molecule has 0 aliphatic carbocycles. The summed E-state index contributed by atoms with van der Waals surface area (Å²) in [5.74, 6) is 1.74. The summed E-state index contributed by atoms with van der Waals surface area (Å²) in [7, 11) is 3.16. The highest BCUT2D eigenvalue weighted by Crippen LogP contribution is 2.41. The van der Waals surface area contributed by atoms with Gasteiger partial charge in [0.1, 0.15) is 18.7 Å². The summed E-state index contributed by atoms with van der Waals surface area (Å²) in [6.45, 7) is 12.5. The van der Waals surface area contributed by atoms with Crippen molar-refractivity contribution < 1.29 is 9.30 Å². The first kappa shape index (κ1) is 35.4. The summed E-state index contributed by atoms with van der Waals surface area (Å²) < 4.78 is 21.9. The molecular weight excluding hydrogens is 701 g/mol. The van der Waals surface area contributed by atoms with E-state index in [-0.39, 0.29) is 0 Å². The number of anilines is 5. The molecule has 2 saturated heterocycles. The summed E-state index contributed by atoms with van der Waals surface area (Å²) >= 11 is 3.62. The molecule has 2 aliphatic heterocycles. The number of nitrogens with zero attached hydrogens (tertiary/aromatic N) is 7. The predicted octanol–water partition coefficient (Wildman–Crippen LogP) is 6.55. The number of ether oxygens (including phenoxy) is 1. The number of nitrogens with one attached hydrogen (secondary N) is 2. The van der Waals surface area contributed by atoms with Gasteiger partial charge >= 0.3 is 0 Å². The third kappa shape index (κ3) is 8.31. The van der Waals surface area contributed by atoms with Gasteiger partial charge in [-0.3, -0.25) is 9.58 Å². The number of methoxy groups -OCH3 is 1. The number of piperazine rings is 1. The van der Waals surface area contributed by atoms with Crippen molar-refractivity contribution in [2.24, 2.45) is 7.05 Å². The Balaban J connectivity index is 1.22. The van der Waals surface area contributed by atoms with E-state index in [1.807, 2.05) is 37.6 Å². The van der Waals surface area contributed by atoms with Gasteiger partial charge in [-0.15, -0.1) is 0 Å². The number of piperidine rings is 1. The monoisotopic (exact) mass is 749 g/mol. The van der Waals surface area contributed by atoms with Crippen molar-refractivity contribution in [1.29, 1.82) is 0 Å². The summed E-state index contributed by atoms with van der Waals surface area (Å²) in [6, 6.07) is 11.0. The zero-order valence-electron chi connectivity index (χ0n) is 29.5. The fourth-order valence-electron chi connectivity index (χ4n) is 6.90. The third-order valence-corrected chi connectivity index (χ3v) is 11.7. The Morgan fingerprint density at radius 1 is 0.959 bits per heavy atom. The van der Waals surface area contributed by atoms with Crippen molar-refractivity contribution in [3.8, 4) is 16.9 Å². The van der Waals surface area contributed by atoms with Gasteiger partial charge in [0, 0.05) is 87.4 Å². The van der Waals surface area contributed by atoms with Gasteiger partial charge in [-0.2, -0.15) is 10.1 Å². The van der Waals surface area contributed by atoms with E-state index in [1.54, 1.807) is 31.3 Å². The lowest BCUT2D eigenvalue weighted by Gasteiger charge is -2.43. The number of rotatable bonds is 11. The van der Waals surface area contributed by atoms with E-state index >= 15 is 0 Å². The van der Waals surface area contributed by atoms with Crippen molar-refractivity contribution in [2.45, 2.75) is 38.6 Å². The molecule has 2 aromatic heterocycles. The second-order valence-corrected chi connectivity index (χ2v) is 17.7. The van der Waals surface area contributed by atoms with E-state index in [9.17, 15) is 4.57 Å². The quantitative estimate of drug-likeness (QED) is 0.164. The molecule has 0 saturated carbocycles. The third-order valence-electron chi connectivity index (χ3n) is 9.64. The van der Waals surface area contributed by atoms with E-state index in [2.05, 4.69) is 77.5 Å². The molecule has 11 nitrogen and oxygen atoms in total. The Hall–Kier alpha value is -3.44. The van der Waals surface area contributed by atoms with Gasteiger partial charge in [-0.1, -0.05) is 19.4 Å². The molecule has 4 aromatic rings. The Kier molecular flexibility index (Phi) is 11.0. The first-order chi connectivity index (χ1) is 23.5. The van der Waals surface area contributed by atoms with Crippen LogP contribution in [-0.2, 0) is 18.0 Å². The van der Waals surface area contributed by atoms with E-state index in [4.69, 9.17) is 9.72 Å². The van der Waals surface area contributed by atoms with Crippen molar-refractivity contribution >= 4 is 57.2 Å². The van der Waals surface area contributed by atoms with Crippen LogP contribution < -0.4 is 25.6 Å². The standard InChI is InChI=1S/C36H49BrN9O2P/c1-7-8-26-19-31(33(48-4)21-32(26)46-13-11-28(12-14-46)45-17-15-43(2)16-18-45)41-36-38-23-29(37)35(42-36)40-30-10-9-25(20-34(30)49(5,6)47)27-22-39-44(3)24-27/h9-10,19-24,28H,7-8,11-18H2,1-6H3,(H2,38,40,41,42). The zero-order chi connectivity index (χ0) is 34.7. The maximum Gasteiger partial charge on any atom is 0.229 e. The van der Waals surface area contributed by atoms with Gasteiger partial charge in [0.15, 0.2) is 0 Å². The minimum absolute atomic E-state index is 0.428. The number of halogens is 1. The second kappa shape index (κ2) is 15.2. The van der Waals surface area contributed by atoms with Crippen molar-refractivity contribution in [3.05, 3.63) is 59.0 Å². The van der Waals surface area contributed by atoms with Gasteiger partial charge < -0.3 is 29.7 Å². The molecular formula is C36H49BrN9O2P. The van der Waals surface area contributed by atoms with Crippen molar-refractivity contribution in [2.75, 3.05) is 82.3 Å². The molecule has 0 unspecified atom stereocenters. The summed E-state index contributed by atoms with van der Waals surface area (Å²) in [4.78, 5) is 17.1. The Labute approximate surface area is 298 Å². The van der Waals surface area contributed by atoms with Gasteiger partial charge in [0.25, 0.3) is 0 Å². The SMILES string of the molecule is CCCc1cc(Nc2ncc(Br)c(Nc3ccc(-c4cnn(C)c4)cc3P(C)(C)=O)n2)c(OC)cc1N1CCC(N2CCN(C)CC2)CC1. The molecule has 2 aliphatic rings. The molecule has 2 aromatic carbocycles. The fourth-order valence-corrected chi connectivity index (χ4v) is 8.35. The average molecular weight is 751 g/mol. The van der Waals surface area contributed by atoms with Crippen LogP contribution in [0.25, 0.3) is 11.1 Å². The summed E-state index contributed by atoms with van der Waals surface area (Å²) in [5.41, 5.74) is 6.03. The molecule has 4 heterocycles. The van der Waals surface area contributed by atoms with Crippen LogP contribution in [0.2, 0.25) is 0 Å². The van der Waals surface area contributed by atoms with Gasteiger partial charge in [-0.05, 0) is 84.9 Å². The number of aromatic nitrogens is 4.